The minimum Gasteiger partial charge on any atom is -0.341 e. The van der Waals surface area contributed by atoms with Crippen molar-refractivity contribution in [2.24, 2.45) is 17.8 Å². The minimum absolute atomic E-state index is 0.0656. The van der Waals surface area contributed by atoms with Crippen LogP contribution in [0.1, 0.15) is 65.4 Å². The average Bonchev–Trinajstić information content (AvgIpc) is 2.84. The summed E-state index contributed by atoms with van der Waals surface area (Å²) in [7, 11) is 1.86. The molecule has 2 aliphatic heterocycles. The fraction of sp³-hybridized carbons (Fsp3) is 0.690. The molecule has 7 heteroatoms. The Balaban J connectivity index is 1.55. The number of likely N-dealkylation sites (tertiary alicyclic amines) is 1. The summed E-state index contributed by atoms with van der Waals surface area (Å²) in [4.78, 5) is 45.4. The molecule has 1 aromatic rings. The lowest BCUT2D eigenvalue weighted by atomic mass is 9.91. The van der Waals surface area contributed by atoms with Crippen LogP contribution in [-0.2, 0) is 20.9 Å². The molecule has 2 atom stereocenters. The molecule has 0 aliphatic carbocycles. The molecule has 1 N–H and O–H groups in total. The van der Waals surface area contributed by atoms with Crippen molar-refractivity contribution in [2.45, 2.75) is 78.4 Å². The zero-order chi connectivity index (χ0) is 26.2. The maximum absolute atomic E-state index is 13.7. The number of hydrogen-bond acceptors (Lipinski definition) is 4. The molecular weight excluding hydrogens is 452 g/mol. The highest BCUT2D eigenvalue weighted by Crippen LogP contribution is 2.25. The topological polar surface area (TPSA) is 73.0 Å². The minimum atomic E-state index is -0.399. The van der Waals surface area contributed by atoms with E-state index in [4.69, 9.17) is 0 Å². The second kappa shape index (κ2) is 13.2. The van der Waals surface area contributed by atoms with Gasteiger partial charge in [-0.3, -0.25) is 14.4 Å². The molecule has 3 rings (SSSR count). The second-order valence-corrected chi connectivity index (χ2v) is 11.5. The first-order chi connectivity index (χ1) is 17.2. The number of benzene rings is 1. The van der Waals surface area contributed by atoms with Gasteiger partial charge in [0.1, 0.15) is 6.04 Å². The number of rotatable bonds is 10. The Bertz CT molecular complexity index is 865. The van der Waals surface area contributed by atoms with Gasteiger partial charge in [0.15, 0.2) is 0 Å². The summed E-state index contributed by atoms with van der Waals surface area (Å²) in [6.07, 6.45) is 3.65. The van der Waals surface area contributed by atoms with E-state index in [-0.39, 0.29) is 23.8 Å². The van der Waals surface area contributed by atoms with Crippen LogP contribution in [0.3, 0.4) is 0 Å². The lowest BCUT2D eigenvalue weighted by Gasteiger charge is -2.42. The number of carbonyl (C=O) groups excluding carboxylic acids is 3. The van der Waals surface area contributed by atoms with Gasteiger partial charge in [-0.1, -0.05) is 58.0 Å². The van der Waals surface area contributed by atoms with Crippen LogP contribution in [0.15, 0.2) is 30.3 Å². The number of nitrogens with one attached hydrogen (secondary N) is 1. The molecule has 0 aromatic heterocycles. The van der Waals surface area contributed by atoms with Gasteiger partial charge in [-0.2, -0.15) is 0 Å². The van der Waals surface area contributed by atoms with E-state index >= 15 is 0 Å². The van der Waals surface area contributed by atoms with Gasteiger partial charge in [-0.15, -0.1) is 0 Å². The van der Waals surface area contributed by atoms with Gasteiger partial charge in [0, 0.05) is 46.2 Å². The van der Waals surface area contributed by atoms with Crippen molar-refractivity contribution < 1.29 is 14.4 Å². The van der Waals surface area contributed by atoms with Crippen molar-refractivity contribution in [1.82, 2.24) is 20.0 Å². The average molecular weight is 499 g/mol. The van der Waals surface area contributed by atoms with E-state index in [1.54, 1.807) is 4.90 Å². The van der Waals surface area contributed by atoms with E-state index in [1.165, 1.54) is 0 Å². The van der Waals surface area contributed by atoms with Crippen LogP contribution in [0.25, 0.3) is 0 Å². The highest BCUT2D eigenvalue weighted by atomic mass is 16.2. The van der Waals surface area contributed by atoms with Crippen LogP contribution >= 0.6 is 0 Å². The third kappa shape index (κ3) is 7.79. The van der Waals surface area contributed by atoms with E-state index in [0.29, 0.717) is 56.8 Å². The fourth-order valence-corrected chi connectivity index (χ4v) is 5.45. The standard InChI is InChI=1S/C29H46N4O3/c1-21(2)17-25-28(35)33(16-13-30-25)26(18-22(3)4)29(36)32-14-11-23(12-15-32)19-27(34)31(5)20-24-9-7-6-8-10-24/h6-10,21-23,25-26,30H,11-20H2,1-5H3/t25-,26?/m0/s1. The molecule has 7 nitrogen and oxygen atoms in total. The molecule has 0 saturated carbocycles. The Labute approximate surface area is 217 Å². The maximum Gasteiger partial charge on any atom is 0.245 e. The SMILES string of the molecule is CC(C)CC(C(=O)N1CCC(CC(=O)N(C)Cc2ccccc2)CC1)N1CCN[C@@H](CC(C)C)C1=O. The molecule has 200 valence electrons. The van der Waals surface area contributed by atoms with Gasteiger partial charge >= 0.3 is 0 Å². The second-order valence-electron chi connectivity index (χ2n) is 11.5. The van der Waals surface area contributed by atoms with Gasteiger partial charge < -0.3 is 20.0 Å². The van der Waals surface area contributed by atoms with E-state index in [0.717, 1.165) is 31.4 Å². The summed E-state index contributed by atoms with van der Waals surface area (Å²) in [6.45, 7) is 11.7. The van der Waals surface area contributed by atoms with Gasteiger partial charge in [-0.05, 0) is 49.0 Å². The summed E-state index contributed by atoms with van der Waals surface area (Å²) in [5.41, 5.74) is 1.13. The molecule has 2 aliphatic rings. The summed E-state index contributed by atoms with van der Waals surface area (Å²) in [5, 5.41) is 3.35. The quantitative estimate of drug-likeness (QED) is 0.536. The number of nitrogens with zero attached hydrogens (tertiary/aromatic N) is 3. The predicted octanol–water partition coefficient (Wildman–Crippen LogP) is 3.53. The van der Waals surface area contributed by atoms with Crippen LogP contribution in [0.4, 0.5) is 0 Å². The molecule has 2 fully saturated rings. The molecule has 1 unspecified atom stereocenters. The Hall–Kier alpha value is -2.41. The lowest BCUT2D eigenvalue weighted by molar-refractivity contribution is -0.150. The van der Waals surface area contributed by atoms with Crippen LogP contribution < -0.4 is 5.32 Å². The molecule has 0 spiro atoms. The van der Waals surface area contributed by atoms with Crippen LogP contribution in [0, 0.1) is 17.8 Å². The number of piperidine rings is 1. The van der Waals surface area contributed by atoms with Gasteiger partial charge in [0.2, 0.25) is 17.7 Å². The predicted molar refractivity (Wildman–Crippen MR) is 143 cm³/mol. The third-order valence-corrected chi connectivity index (χ3v) is 7.47. The van der Waals surface area contributed by atoms with Crippen molar-refractivity contribution in [1.29, 1.82) is 0 Å². The van der Waals surface area contributed by atoms with Crippen LogP contribution in [0.2, 0.25) is 0 Å². The summed E-state index contributed by atoms with van der Waals surface area (Å²) >= 11 is 0. The smallest absolute Gasteiger partial charge is 0.245 e. The van der Waals surface area contributed by atoms with Crippen molar-refractivity contribution >= 4 is 17.7 Å². The molecular formula is C29H46N4O3. The maximum atomic E-state index is 13.7. The van der Waals surface area contributed by atoms with E-state index < -0.39 is 6.04 Å². The highest BCUT2D eigenvalue weighted by molar-refractivity contribution is 5.90. The largest absolute Gasteiger partial charge is 0.341 e. The molecule has 2 saturated heterocycles. The zero-order valence-corrected chi connectivity index (χ0v) is 22.9. The Morgan fingerprint density at radius 3 is 2.31 bits per heavy atom. The molecule has 0 bridgehead atoms. The summed E-state index contributed by atoms with van der Waals surface area (Å²) < 4.78 is 0. The normalized spacial score (nSPS) is 20.2. The number of piperazine rings is 1. The van der Waals surface area contributed by atoms with Gasteiger partial charge in [0.05, 0.1) is 6.04 Å². The number of amides is 3. The first-order valence-electron chi connectivity index (χ1n) is 13.8. The van der Waals surface area contributed by atoms with E-state index in [1.807, 2.05) is 47.2 Å². The van der Waals surface area contributed by atoms with Crippen molar-refractivity contribution in [3.05, 3.63) is 35.9 Å². The van der Waals surface area contributed by atoms with Crippen LogP contribution in [0.5, 0.6) is 0 Å². The zero-order valence-electron chi connectivity index (χ0n) is 22.9. The summed E-state index contributed by atoms with van der Waals surface area (Å²) in [6, 6.07) is 9.44. The number of carbonyl (C=O) groups is 3. The fourth-order valence-electron chi connectivity index (χ4n) is 5.45. The monoisotopic (exact) mass is 498 g/mol. The van der Waals surface area contributed by atoms with Gasteiger partial charge in [-0.25, -0.2) is 0 Å². The van der Waals surface area contributed by atoms with Gasteiger partial charge in [0.25, 0.3) is 0 Å². The molecule has 0 radical (unpaired) electrons. The highest BCUT2D eigenvalue weighted by Gasteiger charge is 2.39. The number of hydrogen-bond donors (Lipinski definition) is 1. The Kier molecular flexibility index (Phi) is 10.3. The molecule has 1 aromatic carbocycles. The summed E-state index contributed by atoms with van der Waals surface area (Å²) in [5.74, 6) is 1.33. The Morgan fingerprint density at radius 2 is 1.69 bits per heavy atom. The van der Waals surface area contributed by atoms with Crippen LogP contribution in [-0.4, -0.2) is 77.7 Å². The first kappa shape index (κ1) is 28.2. The third-order valence-electron chi connectivity index (χ3n) is 7.47. The molecule has 3 amide bonds. The van der Waals surface area contributed by atoms with E-state index in [9.17, 15) is 14.4 Å². The lowest BCUT2D eigenvalue weighted by Crippen LogP contribution is -2.62. The first-order valence-corrected chi connectivity index (χ1v) is 13.8. The Morgan fingerprint density at radius 1 is 1.03 bits per heavy atom. The van der Waals surface area contributed by atoms with Crippen molar-refractivity contribution in [3.63, 3.8) is 0 Å². The van der Waals surface area contributed by atoms with Crippen molar-refractivity contribution in [3.8, 4) is 0 Å². The van der Waals surface area contributed by atoms with Crippen molar-refractivity contribution in [2.75, 3.05) is 33.2 Å². The van der Waals surface area contributed by atoms with E-state index in [2.05, 4.69) is 33.0 Å². The molecule has 36 heavy (non-hydrogen) atoms. The molecule has 2 heterocycles.